The third-order valence-electron chi connectivity index (χ3n) is 3.52. The predicted molar refractivity (Wildman–Crippen MR) is 62.7 cm³/mol. The van der Waals surface area contributed by atoms with Crippen molar-refractivity contribution in [2.24, 2.45) is 5.92 Å². The van der Waals surface area contributed by atoms with Crippen molar-refractivity contribution in [2.75, 3.05) is 13.6 Å². The van der Waals surface area contributed by atoms with Gasteiger partial charge in [-0.2, -0.15) is 0 Å². The number of nitrogens with zero attached hydrogens (tertiary/aromatic N) is 1. The van der Waals surface area contributed by atoms with Crippen molar-refractivity contribution in [2.45, 2.75) is 52.1 Å². The van der Waals surface area contributed by atoms with Gasteiger partial charge in [-0.3, -0.25) is 4.79 Å². The van der Waals surface area contributed by atoms with Crippen LogP contribution in [0.25, 0.3) is 0 Å². The molecule has 15 heavy (non-hydrogen) atoms. The highest BCUT2D eigenvalue weighted by Crippen LogP contribution is 2.34. The fraction of sp³-hybridized carbons (Fsp3) is 0.917. The average molecular weight is 212 g/mol. The second-order valence-electron chi connectivity index (χ2n) is 4.77. The van der Waals surface area contributed by atoms with E-state index in [0.29, 0.717) is 18.6 Å². The maximum absolute atomic E-state index is 11.8. The van der Waals surface area contributed by atoms with E-state index in [1.807, 2.05) is 11.9 Å². The lowest BCUT2D eigenvalue weighted by atomic mass is 10.2. The SMILES string of the molecule is CCC(C)NCC(=O)N(C)C(C)C1CC1. The summed E-state index contributed by atoms with van der Waals surface area (Å²) in [6, 6.07) is 0.842. The first kappa shape index (κ1) is 12.5. The quantitative estimate of drug-likeness (QED) is 0.726. The lowest BCUT2D eigenvalue weighted by Crippen LogP contribution is -2.43. The Hall–Kier alpha value is -0.570. The number of amides is 1. The Balaban J connectivity index is 2.25. The zero-order chi connectivity index (χ0) is 11.4. The summed E-state index contributed by atoms with van der Waals surface area (Å²) in [6.45, 7) is 6.86. The van der Waals surface area contributed by atoms with Crippen LogP contribution in [0.3, 0.4) is 0 Å². The highest BCUT2D eigenvalue weighted by Gasteiger charge is 2.32. The molecule has 0 bridgehead atoms. The molecule has 0 aromatic rings. The first-order chi connectivity index (χ1) is 7.06. The molecule has 0 radical (unpaired) electrons. The van der Waals surface area contributed by atoms with Gasteiger partial charge in [0.2, 0.25) is 5.91 Å². The molecule has 0 aromatic heterocycles. The molecule has 0 saturated heterocycles. The van der Waals surface area contributed by atoms with Gasteiger partial charge >= 0.3 is 0 Å². The standard InChI is InChI=1S/C12H24N2O/c1-5-9(2)13-8-12(15)14(4)10(3)11-6-7-11/h9-11,13H,5-8H2,1-4H3. The van der Waals surface area contributed by atoms with E-state index in [0.717, 1.165) is 12.3 Å². The minimum atomic E-state index is 0.217. The van der Waals surface area contributed by atoms with Gasteiger partial charge in [0.25, 0.3) is 0 Å². The molecule has 3 nitrogen and oxygen atoms in total. The van der Waals surface area contributed by atoms with Crippen molar-refractivity contribution in [3.05, 3.63) is 0 Å². The lowest BCUT2D eigenvalue weighted by Gasteiger charge is -2.25. The van der Waals surface area contributed by atoms with Gasteiger partial charge in [-0.25, -0.2) is 0 Å². The van der Waals surface area contributed by atoms with E-state index >= 15 is 0 Å². The fourth-order valence-corrected chi connectivity index (χ4v) is 1.65. The molecule has 1 fully saturated rings. The predicted octanol–water partition coefficient (Wildman–Crippen LogP) is 1.63. The topological polar surface area (TPSA) is 32.3 Å². The number of rotatable bonds is 6. The Bertz CT molecular complexity index is 214. The second-order valence-corrected chi connectivity index (χ2v) is 4.77. The van der Waals surface area contributed by atoms with E-state index in [-0.39, 0.29) is 5.91 Å². The van der Waals surface area contributed by atoms with Gasteiger partial charge in [-0.05, 0) is 39.0 Å². The molecule has 88 valence electrons. The van der Waals surface area contributed by atoms with Crippen molar-refractivity contribution in [1.82, 2.24) is 10.2 Å². The van der Waals surface area contributed by atoms with Crippen molar-refractivity contribution >= 4 is 5.91 Å². The number of nitrogens with one attached hydrogen (secondary N) is 1. The number of carbonyl (C=O) groups is 1. The Labute approximate surface area is 93.2 Å². The smallest absolute Gasteiger partial charge is 0.236 e. The van der Waals surface area contributed by atoms with Crippen LogP contribution >= 0.6 is 0 Å². The Morgan fingerprint density at radius 3 is 2.53 bits per heavy atom. The van der Waals surface area contributed by atoms with Crippen LogP contribution in [-0.2, 0) is 4.79 Å². The maximum Gasteiger partial charge on any atom is 0.236 e. The van der Waals surface area contributed by atoms with Crippen molar-refractivity contribution in [3.8, 4) is 0 Å². The van der Waals surface area contributed by atoms with E-state index < -0.39 is 0 Å². The van der Waals surface area contributed by atoms with Crippen LogP contribution in [0.1, 0.15) is 40.0 Å². The van der Waals surface area contributed by atoms with Gasteiger partial charge < -0.3 is 10.2 Å². The number of likely N-dealkylation sites (N-methyl/N-ethyl adjacent to an activating group) is 1. The molecule has 1 aliphatic carbocycles. The summed E-state index contributed by atoms with van der Waals surface area (Å²) in [6.07, 6.45) is 3.64. The Morgan fingerprint density at radius 2 is 2.07 bits per heavy atom. The highest BCUT2D eigenvalue weighted by atomic mass is 16.2. The van der Waals surface area contributed by atoms with E-state index in [2.05, 4.69) is 26.1 Å². The van der Waals surface area contributed by atoms with Crippen LogP contribution in [0.4, 0.5) is 0 Å². The van der Waals surface area contributed by atoms with E-state index in [1.54, 1.807) is 0 Å². The minimum Gasteiger partial charge on any atom is -0.342 e. The lowest BCUT2D eigenvalue weighted by molar-refractivity contribution is -0.131. The molecule has 0 spiro atoms. The molecular formula is C12H24N2O. The number of hydrogen-bond donors (Lipinski definition) is 1. The molecule has 2 unspecified atom stereocenters. The van der Waals surface area contributed by atoms with Gasteiger partial charge in [-0.15, -0.1) is 0 Å². The minimum absolute atomic E-state index is 0.217. The average Bonchev–Trinajstić information content (AvgIpc) is 3.06. The summed E-state index contributed by atoms with van der Waals surface area (Å²) in [7, 11) is 1.92. The van der Waals surface area contributed by atoms with E-state index in [4.69, 9.17) is 0 Å². The summed E-state index contributed by atoms with van der Waals surface area (Å²) in [5.41, 5.74) is 0. The third kappa shape index (κ3) is 3.82. The molecular weight excluding hydrogens is 188 g/mol. The summed E-state index contributed by atoms with van der Waals surface area (Å²) in [4.78, 5) is 13.7. The fourth-order valence-electron chi connectivity index (χ4n) is 1.65. The third-order valence-corrected chi connectivity index (χ3v) is 3.52. The number of carbonyl (C=O) groups excluding carboxylic acids is 1. The summed E-state index contributed by atoms with van der Waals surface area (Å²) >= 11 is 0. The molecule has 1 aliphatic rings. The molecule has 3 heteroatoms. The highest BCUT2D eigenvalue weighted by molar-refractivity contribution is 5.78. The van der Waals surface area contributed by atoms with Crippen LogP contribution in [0, 0.1) is 5.92 Å². The molecule has 0 heterocycles. The first-order valence-corrected chi connectivity index (χ1v) is 6.05. The first-order valence-electron chi connectivity index (χ1n) is 6.05. The van der Waals surface area contributed by atoms with Crippen LogP contribution in [-0.4, -0.2) is 36.5 Å². The summed E-state index contributed by atoms with van der Waals surface area (Å²) in [5.74, 6) is 0.970. The normalized spacial score (nSPS) is 19.7. The van der Waals surface area contributed by atoms with Gasteiger partial charge in [0, 0.05) is 19.1 Å². The Kier molecular flexibility index (Phi) is 4.58. The van der Waals surface area contributed by atoms with Gasteiger partial charge in [0.1, 0.15) is 0 Å². The molecule has 1 saturated carbocycles. The van der Waals surface area contributed by atoms with Crippen molar-refractivity contribution in [1.29, 1.82) is 0 Å². The van der Waals surface area contributed by atoms with Crippen LogP contribution in [0.15, 0.2) is 0 Å². The maximum atomic E-state index is 11.8. The van der Waals surface area contributed by atoms with Gasteiger partial charge in [0.05, 0.1) is 6.54 Å². The van der Waals surface area contributed by atoms with Crippen molar-refractivity contribution in [3.63, 3.8) is 0 Å². The zero-order valence-corrected chi connectivity index (χ0v) is 10.4. The largest absolute Gasteiger partial charge is 0.342 e. The molecule has 1 N–H and O–H groups in total. The van der Waals surface area contributed by atoms with Crippen LogP contribution in [0.5, 0.6) is 0 Å². The van der Waals surface area contributed by atoms with Crippen LogP contribution < -0.4 is 5.32 Å². The molecule has 0 aliphatic heterocycles. The van der Waals surface area contributed by atoms with Gasteiger partial charge in [-0.1, -0.05) is 6.92 Å². The summed E-state index contributed by atoms with van der Waals surface area (Å²) < 4.78 is 0. The van der Waals surface area contributed by atoms with E-state index in [1.165, 1.54) is 12.8 Å². The van der Waals surface area contributed by atoms with E-state index in [9.17, 15) is 4.79 Å². The molecule has 2 atom stereocenters. The van der Waals surface area contributed by atoms with Crippen LogP contribution in [0.2, 0.25) is 0 Å². The Morgan fingerprint density at radius 1 is 1.47 bits per heavy atom. The summed E-state index contributed by atoms with van der Waals surface area (Å²) in [5, 5.41) is 3.24. The molecule has 1 amide bonds. The monoisotopic (exact) mass is 212 g/mol. The molecule has 1 rings (SSSR count). The van der Waals surface area contributed by atoms with Crippen molar-refractivity contribution < 1.29 is 4.79 Å². The zero-order valence-electron chi connectivity index (χ0n) is 10.4. The second kappa shape index (κ2) is 5.50. The van der Waals surface area contributed by atoms with Gasteiger partial charge in [0.15, 0.2) is 0 Å². The molecule has 0 aromatic carbocycles. The number of hydrogen-bond acceptors (Lipinski definition) is 2.